The number of allylic oxidation sites excluding steroid dienone is 4. The molecule has 9 rings (SSSR count). The van der Waals surface area contributed by atoms with E-state index < -0.39 is 0 Å². The highest BCUT2D eigenvalue weighted by Gasteiger charge is 2.27. The van der Waals surface area contributed by atoms with E-state index in [0.29, 0.717) is 5.95 Å². The van der Waals surface area contributed by atoms with Crippen LogP contribution >= 0.6 is 0 Å². The van der Waals surface area contributed by atoms with E-state index in [1.54, 1.807) is 0 Å². The molecule has 0 amide bonds. The van der Waals surface area contributed by atoms with Crippen LogP contribution in [0.1, 0.15) is 18.0 Å². The third-order valence-electron chi connectivity index (χ3n) is 8.67. The van der Waals surface area contributed by atoms with Crippen LogP contribution in [-0.2, 0) is 0 Å². The van der Waals surface area contributed by atoms with Gasteiger partial charge in [-0.1, -0.05) is 115 Å². The average molecular weight is 524 g/mol. The van der Waals surface area contributed by atoms with Gasteiger partial charge in [-0.05, 0) is 52.1 Å². The lowest BCUT2D eigenvalue weighted by atomic mass is 9.96. The summed E-state index contributed by atoms with van der Waals surface area (Å²) in [5.74, 6) is 0.929. The third-order valence-corrected chi connectivity index (χ3v) is 8.67. The molecule has 0 spiro atoms. The number of nitrogens with zero attached hydrogens (tertiary/aromatic N) is 3. The molecule has 7 aromatic rings. The van der Waals surface area contributed by atoms with Crippen LogP contribution in [0.2, 0.25) is 0 Å². The lowest BCUT2D eigenvalue weighted by molar-refractivity contribution is 0.797. The Morgan fingerprint density at radius 2 is 1.46 bits per heavy atom. The molecular weight excluding hydrogens is 498 g/mol. The maximum Gasteiger partial charge on any atom is 0.235 e. The fourth-order valence-electron chi connectivity index (χ4n) is 6.85. The molecule has 3 heteroatoms. The van der Waals surface area contributed by atoms with Gasteiger partial charge in [-0.15, -0.1) is 0 Å². The Hall–Kier alpha value is -5.28. The molecule has 0 radical (unpaired) electrons. The Morgan fingerprint density at radius 3 is 2.32 bits per heavy atom. The fourth-order valence-corrected chi connectivity index (χ4v) is 6.85. The normalized spacial score (nSPS) is 15.3. The maximum atomic E-state index is 5.26. The van der Waals surface area contributed by atoms with Gasteiger partial charge in [0.2, 0.25) is 5.95 Å². The van der Waals surface area contributed by atoms with Crippen molar-refractivity contribution in [3.05, 3.63) is 139 Å². The first kappa shape index (κ1) is 22.5. The molecular formula is C38H25N3. The predicted octanol–water partition coefficient (Wildman–Crippen LogP) is 9.64. The molecule has 0 N–H and O–H groups in total. The monoisotopic (exact) mass is 523 g/mol. The molecule has 5 aromatic carbocycles. The molecule has 0 saturated heterocycles. The second-order valence-electron chi connectivity index (χ2n) is 10.9. The second-order valence-corrected chi connectivity index (χ2v) is 10.9. The van der Waals surface area contributed by atoms with Gasteiger partial charge in [0, 0.05) is 27.8 Å². The van der Waals surface area contributed by atoms with Gasteiger partial charge in [0.15, 0.2) is 0 Å². The Kier molecular flexibility index (Phi) is 4.73. The van der Waals surface area contributed by atoms with Gasteiger partial charge in [-0.3, -0.25) is 4.57 Å². The minimum atomic E-state index is 0.216. The molecule has 0 saturated carbocycles. The molecule has 3 nitrogen and oxygen atoms in total. The summed E-state index contributed by atoms with van der Waals surface area (Å²) in [6.07, 6.45) is 9.64. The third kappa shape index (κ3) is 3.26. The zero-order valence-electron chi connectivity index (χ0n) is 22.3. The van der Waals surface area contributed by atoms with Crippen molar-refractivity contribution in [2.75, 3.05) is 0 Å². The summed E-state index contributed by atoms with van der Waals surface area (Å²) < 4.78 is 2.27. The highest BCUT2D eigenvalue weighted by atomic mass is 15.2. The maximum absolute atomic E-state index is 5.26. The van der Waals surface area contributed by atoms with Crippen molar-refractivity contribution in [1.82, 2.24) is 14.5 Å². The van der Waals surface area contributed by atoms with Crippen LogP contribution in [0.15, 0.2) is 133 Å². The largest absolute Gasteiger partial charge is 0.278 e. The van der Waals surface area contributed by atoms with E-state index >= 15 is 0 Å². The van der Waals surface area contributed by atoms with E-state index in [2.05, 4.69) is 132 Å². The Morgan fingerprint density at radius 1 is 0.634 bits per heavy atom. The first-order valence-electron chi connectivity index (χ1n) is 14.2. The summed E-state index contributed by atoms with van der Waals surface area (Å²) in [4.78, 5) is 10.5. The van der Waals surface area contributed by atoms with E-state index in [1.807, 2.05) is 6.07 Å². The van der Waals surface area contributed by atoms with E-state index in [1.165, 1.54) is 43.8 Å². The van der Waals surface area contributed by atoms with E-state index in [0.717, 1.165) is 34.4 Å². The van der Waals surface area contributed by atoms with Crippen molar-refractivity contribution in [1.29, 1.82) is 0 Å². The number of hydrogen-bond donors (Lipinski definition) is 0. The predicted molar refractivity (Wildman–Crippen MR) is 169 cm³/mol. The molecule has 2 heterocycles. The fraction of sp³-hybridized carbons (Fsp3) is 0.0526. The van der Waals surface area contributed by atoms with Crippen molar-refractivity contribution in [3.8, 4) is 39.5 Å². The zero-order valence-corrected chi connectivity index (χ0v) is 22.3. The number of rotatable bonds is 3. The minimum absolute atomic E-state index is 0.216. The van der Waals surface area contributed by atoms with Gasteiger partial charge in [0.1, 0.15) is 0 Å². The number of benzene rings is 5. The van der Waals surface area contributed by atoms with Crippen LogP contribution in [0.4, 0.5) is 0 Å². The summed E-state index contributed by atoms with van der Waals surface area (Å²) in [6, 6.07) is 39.2. The van der Waals surface area contributed by atoms with E-state index in [-0.39, 0.29) is 5.92 Å². The van der Waals surface area contributed by atoms with Crippen molar-refractivity contribution in [2.45, 2.75) is 12.3 Å². The van der Waals surface area contributed by atoms with Crippen molar-refractivity contribution in [2.24, 2.45) is 0 Å². The molecule has 1 atom stereocenters. The summed E-state index contributed by atoms with van der Waals surface area (Å²) >= 11 is 0. The first-order valence-corrected chi connectivity index (χ1v) is 14.2. The van der Waals surface area contributed by atoms with Crippen molar-refractivity contribution >= 4 is 32.6 Å². The molecule has 0 fully saturated rings. The van der Waals surface area contributed by atoms with E-state index in [4.69, 9.17) is 9.97 Å². The molecule has 41 heavy (non-hydrogen) atoms. The number of para-hydroxylation sites is 1. The molecule has 192 valence electrons. The summed E-state index contributed by atoms with van der Waals surface area (Å²) in [6.45, 7) is 0. The summed E-state index contributed by atoms with van der Waals surface area (Å²) in [7, 11) is 0. The Labute approximate surface area is 237 Å². The van der Waals surface area contributed by atoms with Gasteiger partial charge >= 0.3 is 0 Å². The van der Waals surface area contributed by atoms with Crippen LogP contribution in [0.3, 0.4) is 0 Å². The van der Waals surface area contributed by atoms with Gasteiger partial charge in [-0.25, -0.2) is 9.97 Å². The Bertz CT molecular complexity index is 2230. The lowest BCUT2D eigenvalue weighted by Crippen LogP contribution is -2.08. The molecule has 0 aliphatic heterocycles. The lowest BCUT2D eigenvalue weighted by Gasteiger charge is -2.16. The van der Waals surface area contributed by atoms with Gasteiger partial charge in [-0.2, -0.15) is 0 Å². The van der Waals surface area contributed by atoms with Crippen LogP contribution in [0.25, 0.3) is 72.0 Å². The smallest absolute Gasteiger partial charge is 0.235 e. The molecule has 2 aromatic heterocycles. The average Bonchev–Trinajstić information content (AvgIpc) is 3.56. The summed E-state index contributed by atoms with van der Waals surface area (Å²) in [5, 5.41) is 5.11. The molecule has 2 aliphatic carbocycles. The van der Waals surface area contributed by atoms with Crippen molar-refractivity contribution in [3.63, 3.8) is 0 Å². The Balaban J connectivity index is 1.37. The van der Waals surface area contributed by atoms with Crippen molar-refractivity contribution < 1.29 is 0 Å². The molecule has 2 aliphatic rings. The highest BCUT2D eigenvalue weighted by Crippen LogP contribution is 2.52. The highest BCUT2D eigenvalue weighted by molar-refractivity contribution is 6.26. The number of fused-ring (bicyclic) bond motifs is 7. The van der Waals surface area contributed by atoms with Gasteiger partial charge in [0.05, 0.1) is 22.4 Å². The SMILES string of the molecule is C1=CCC(c2cc(-c3ccccc3)nc(-n3c4ccccc4c4c5c(ccc43)-c3cccc4cccc-5c34)n2)C=C1. The standard InChI is InChI=1S/C38H25N3/c1-3-11-24(12-4-1)31-23-32(25-13-5-2-6-14-25)40-38(39-31)41-33-20-8-7-17-29(33)37-34(41)22-21-28-27-18-9-15-26-16-10-19-30(35(26)27)36(28)37/h1-13,15-23,25H,14H2. The van der Waals surface area contributed by atoms with Crippen LogP contribution in [0, 0.1) is 0 Å². The summed E-state index contributed by atoms with van der Waals surface area (Å²) in [5.41, 5.74) is 10.6. The number of hydrogen-bond acceptors (Lipinski definition) is 2. The van der Waals surface area contributed by atoms with Crippen LogP contribution < -0.4 is 0 Å². The quantitative estimate of drug-likeness (QED) is 0.231. The molecule has 1 unspecified atom stereocenters. The van der Waals surface area contributed by atoms with Crippen LogP contribution in [0.5, 0.6) is 0 Å². The minimum Gasteiger partial charge on any atom is -0.278 e. The topological polar surface area (TPSA) is 30.7 Å². The zero-order chi connectivity index (χ0) is 26.9. The number of aromatic nitrogens is 3. The van der Waals surface area contributed by atoms with E-state index in [9.17, 15) is 0 Å². The second kappa shape index (κ2) is 8.61. The first-order chi connectivity index (χ1) is 20.3. The van der Waals surface area contributed by atoms with Gasteiger partial charge in [0.25, 0.3) is 0 Å². The van der Waals surface area contributed by atoms with Gasteiger partial charge < -0.3 is 0 Å². The molecule has 0 bridgehead atoms. The van der Waals surface area contributed by atoms with Crippen LogP contribution in [-0.4, -0.2) is 14.5 Å².